The molecule has 1 aromatic heterocycles. The van der Waals surface area contributed by atoms with Crippen molar-refractivity contribution in [2.24, 2.45) is 0 Å². The average molecular weight is 410 g/mol. The largest absolute Gasteiger partial charge is 0.507 e. The van der Waals surface area contributed by atoms with Gasteiger partial charge in [0.15, 0.2) is 5.13 Å². The number of methoxy groups -OCH3 is 1. The Kier molecular flexibility index (Phi) is 4.85. The maximum absolute atomic E-state index is 14.7. The normalized spacial score (nSPS) is 18.3. The van der Waals surface area contributed by atoms with Crippen LogP contribution in [0.5, 0.6) is 5.75 Å². The first-order valence-electron chi connectivity index (χ1n) is 8.62. The molecule has 0 saturated carbocycles. The fourth-order valence-electron chi connectivity index (χ4n) is 3.28. The average Bonchev–Trinajstić information content (AvgIpc) is 3.35. The molecule has 2 aromatic carbocycles. The number of thiazole rings is 1. The summed E-state index contributed by atoms with van der Waals surface area (Å²) in [6, 6.07) is 11.1. The molecule has 0 bridgehead atoms. The van der Waals surface area contributed by atoms with Crippen molar-refractivity contribution in [3.63, 3.8) is 0 Å². The number of aliphatic hydroxyl groups is 1. The highest BCUT2D eigenvalue weighted by atomic mass is 32.1. The number of ether oxygens (including phenoxy) is 1. The van der Waals surface area contributed by atoms with Crippen molar-refractivity contribution >= 4 is 33.9 Å². The van der Waals surface area contributed by atoms with E-state index in [0.29, 0.717) is 5.75 Å². The van der Waals surface area contributed by atoms with E-state index >= 15 is 0 Å². The van der Waals surface area contributed by atoms with Gasteiger partial charge in [-0.3, -0.25) is 14.5 Å². The number of hydrogen-bond acceptors (Lipinski definition) is 6. The summed E-state index contributed by atoms with van der Waals surface area (Å²) in [6.07, 6.45) is 1.49. The van der Waals surface area contributed by atoms with Gasteiger partial charge in [0.25, 0.3) is 5.78 Å². The SMILES string of the molecule is COc1cccc(/C(O)=C2\C(=O)C(=O)N(c3nccs3)C2c2ccccc2F)c1. The van der Waals surface area contributed by atoms with Gasteiger partial charge in [0.1, 0.15) is 23.4 Å². The van der Waals surface area contributed by atoms with Crippen LogP contribution in [0.25, 0.3) is 5.76 Å². The van der Waals surface area contributed by atoms with E-state index in [1.54, 1.807) is 29.6 Å². The van der Waals surface area contributed by atoms with E-state index < -0.39 is 29.3 Å². The Bertz CT molecular complexity index is 1130. The summed E-state index contributed by atoms with van der Waals surface area (Å²) in [4.78, 5) is 30.9. The highest BCUT2D eigenvalue weighted by Gasteiger charge is 2.48. The molecule has 146 valence electrons. The molecule has 8 heteroatoms. The molecule has 1 atom stereocenters. The summed E-state index contributed by atoms with van der Waals surface area (Å²) in [5.41, 5.74) is 0.165. The second kappa shape index (κ2) is 7.48. The Morgan fingerprint density at radius 2 is 2.00 bits per heavy atom. The highest BCUT2D eigenvalue weighted by Crippen LogP contribution is 2.43. The Morgan fingerprint density at radius 3 is 2.69 bits per heavy atom. The van der Waals surface area contributed by atoms with Crippen molar-refractivity contribution in [2.45, 2.75) is 6.04 Å². The number of aliphatic hydroxyl groups excluding tert-OH is 1. The molecule has 1 saturated heterocycles. The molecule has 1 aliphatic heterocycles. The molecule has 1 N–H and O–H groups in total. The van der Waals surface area contributed by atoms with Crippen LogP contribution in [0, 0.1) is 5.82 Å². The number of carbonyl (C=O) groups is 2. The number of benzene rings is 2. The number of ketones is 1. The zero-order valence-electron chi connectivity index (χ0n) is 15.2. The van der Waals surface area contributed by atoms with Gasteiger partial charge in [0.2, 0.25) is 0 Å². The van der Waals surface area contributed by atoms with Crippen molar-refractivity contribution in [3.05, 3.63) is 82.6 Å². The molecular weight excluding hydrogens is 395 g/mol. The molecule has 0 radical (unpaired) electrons. The second-order valence-corrected chi connectivity index (χ2v) is 7.11. The third-order valence-corrected chi connectivity index (χ3v) is 5.38. The summed E-state index contributed by atoms with van der Waals surface area (Å²) in [5, 5.41) is 12.8. The van der Waals surface area contributed by atoms with Crippen LogP contribution < -0.4 is 9.64 Å². The lowest BCUT2D eigenvalue weighted by atomic mass is 9.95. The minimum atomic E-state index is -1.14. The fourth-order valence-corrected chi connectivity index (χ4v) is 3.95. The molecule has 4 rings (SSSR count). The Morgan fingerprint density at radius 1 is 1.21 bits per heavy atom. The zero-order valence-corrected chi connectivity index (χ0v) is 16.0. The zero-order chi connectivity index (χ0) is 20.5. The minimum Gasteiger partial charge on any atom is -0.507 e. The Balaban J connectivity index is 1.96. The predicted molar refractivity (Wildman–Crippen MR) is 106 cm³/mol. The molecule has 0 aliphatic carbocycles. The van der Waals surface area contributed by atoms with Crippen LogP contribution in [0.2, 0.25) is 0 Å². The lowest BCUT2D eigenvalue weighted by Gasteiger charge is -2.23. The molecule has 0 spiro atoms. The van der Waals surface area contributed by atoms with Crippen molar-refractivity contribution in [3.8, 4) is 5.75 Å². The van der Waals surface area contributed by atoms with Gasteiger partial charge in [-0.1, -0.05) is 30.3 Å². The third-order valence-electron chi connectivity index (χ3n) is 4.61. The lowest BCUT2D eigenvalue weighted by Crippen LogP contribution is -2.29. The monoisotopic (exact) mass is 410 g/mol. The summed E-state index contributed by atoms with van der Waals surface area (Å²) in [7, 11) is 1.47. The molecule has 1 unspecified atom stereocenters. The van der Waals surface area contributed by atoms with Crippen LogP contribution in [-0.4, -0.2) is 28.9 Å². The van der Waals surface area contributed by atoms with Gasteiger partial charge in [-0.25, -0.2) is 9.37 Å². The molecule has 1 amide bonds. The van der Waals surface area contributed by atoms with E-state index in [0.717, 1.165) is 16.2 Å². The maximum atomic E-state index is 14.7. The van der Waals surface area contributed by atoms with E-state index in [1.807, 2.05) is 0 Å². The summed E-state index contributed by atoms with van der Waals surface area (Å²) in [5.74, 6) is -2.33. The highest BCUT2D eigenvalue weighted by molar-refractivity contribution is 7.14. The molecule has 2 heterocycles. The van der Waals surface area contributed by atoms with E-state index in [4.69, 9.17) is 4.74 Å². The van der Waals surface area contributed by atoms with Gasteiger partial charge in [0, 0.05) is 22.7 Å². The predicted octanol–water partition coefficient (Wildman–Crippen LogP) is 3.92. The third kappa shape index (κ3) is 3.17. The summed E-state index contributed by atoms with van der Waals surface area (Å²) < 4.78 is 19.8. The van der Waals surface area contributed by atoms with Crippen molar-refractivity contribution in [1.29, 1.82) is 0 Å². The summed E-state index contributed by atoms with van der Waals surface area (Å²) >= 11 is 1.14. The Hall–Kier alpha value is -3.52. The molecule has 1 aliphatic rings. The van der Waals surface area contributed by atoms with Gasteiger partial charge in [-0.2, -0.15) is 0 Å². The van der Waals surface area contributed by atoms with Gasteiger partial charge in [-0.15, -0.1) is 11.3 Å². The van der Waals surface area contributed by atoms with Gasteiger partial charge >= 0.3 is 5.91 Å². The number of halogens is 1. The summed E-state index contributed by atoms with van der Waals surface area (Å²) in [6.45, 7) is 0. The number of aromatic nitrogens is 1. The number of rotatable bonds is 4. The van der Waals surface area contributed by atoms with E-state index in [-0.39, 0.29) is 21.8 Å². The smallest absolute Gasteiger partial charge is 0.301 e. The quantitative estimate of drug-likeness (QED) is 0.401. The standard InChI is InChI=1S/C21H15FN2O4S/c1-28-13-6-4-5-12(11-13)18(25)16-17(14-7-2-3-8-15(14)22)24(20(27)19(16)26)21-23-9-10-29-21/h2-11,17,25H,1H3/b18-16+. The first kappa shape index (κ1) is 18.8. The van der Waals surface area contributed by atoms with E-state index in [9.17, 15) is 19.1 Å². The van der Waals surface area contributed by atoms with Crippen LogP contribution >= 0.6 is 11.3 Å². The van der Waals surface area contributed by atoms with Crippen molar-refractivity contribution in [2.75, 3.05) is 12.0 Å². The molecule has 6 nitrogen and oxygen atoms in total. The molecule has 1 fully saturated rings. The second-order valence-electron chi connectivity index (χ2n) is 6.24. The number of hydrogen-bond donors (Lipinski definition) is 1. The lowest BCUT2D eigenvalue weighted by molar-refractivity contribution is -0.132. The van der Waals surface area contributed by atoms with Gasteiger partial charge < -0.3 is 9.84 Å². The number of carbonyl (C=O) groups excluding carboxylic acids is 2. The van der Waals surface area contributed by atoms with E-state index in [1.165, 1.54) is 37.6 Å². The molecule has 29 heavy (non-hydrogen) atoms. The molecular formula is C21H15FN2O4S. The Labute approximate surface area is 169 Å². The number of anilines is 1. The van der Waals surface area contributed by atoms with Crippen LogP contribution in [0.3, 0.4) is 0 Å². The minimum absolute atomic E-state index is 0.0892. The van der Waals surface area contributed by atoms with Crippen LogP contribution in [0.4, 0.5) is 9.52 Å². The van der Waals surface area contributed by atoms with E-state index in [2.05, 4.69) is 4.98 Å². The van der Waals surface area contributed by atoms with Crippen LogP contribution in [-0.2, 0) is 9.59 Å². The van der Waals surface area contributed by atoms with Gasteiger partial charge in [-0.05, 0) is 18.2 Å². The molecule has 3 aromatic rings. The van der Waals surface area contributed by atoms with Crippen LogP contribution in [0.1, 0.15) is 17.2 Å². The first-order valence-corrected chi connectivity index (χ1v) is 9.50. The number of amides is 1. The van der Waals surface area contributed by atoms with Crippen molar-refractivity contribution < 1.29 is 23.8 Å². The first-order chi connectivity index (χ1) is 14.0. The fraction of sp³-hybridized carbons (Fsp3) is 0.0952. The topological polar surface area (TPSA) is 79.7 Å². The maximum Gasteiger partial charge on any atom is 0.301 e. The number of nitrogens with zero attached hydrogens (tertiary/aromatic N) is 2. The van der Waals surface area contributed by atoms with Gasteiger partial charge in [0.05, 0.1) is 12.7 Å². The number of Topliss-reactive ketones (excluding diaryl/α,β-unsaturated/α-hetero) is 1. The van der Waals surface area contributed by atoms with Crippen LogP contribution in [0.15, 0.2) is 65.7 Å². The van der Waals surface area contributed by atoms with Crippen molar-refractivity contribution in [1.82, 2.24) is 4.98 Å².